The van der Waals surface area contributed by atoms with E-state index in [1.165, 1.54) is 17.2 Å². The van der Waals surface area contributed by atoms with Gasteiger partial charge in [0.2, 0.25) is 0 Å². The van der Waals surface area contributed by atoms with Crippen molar-refractivity contribution in [2.45, 2.75) is 87.0 Å². The number of nitrogens with zero attached hydrogens (tertiary/aromatic N) is 1. The number of hydrogen-bond donors (Lipinski definition) is 1. The van der Waals surface area contributed by atoms with Gasteiger partial charge in [-0.25, -0.2) is 4.39 Å². The molecule has 0 aliphatic rings. The van der Waals surface area contributed by atoms with Gasteiger partial charge in [0.15, 0.2) is 5.78 Å². The number of carbonyl (C=O) groups excluding carboxylic acids is 1. The molecule has 0 bridgehead atoms. The number of aliphatic hydroxyl groups excluding tert-OH is 1. The number of fused-ring (bicyclic) bond motifs is 3. The SMILES string of the molecule is CCC(CC)C(=O)/C=C(\O)C(CC)CC.Cc1[c-]c(-c2nccc3cc(C(C)C)c4ccc(F)cc4c23)cc(C)c1.[Ir]. The zero-order chi connectivity index (χ0) is 30.3. The van der Waals surface area contributed by atoms with Gasteiger partial charge >= 0.3 is 0 Å². The van der Waals surface area contributed by atoms with Gasteiger partial charge in [-0.15, -0.1) is 34.9 Å². The molecule has 1 heterocycles. The zero-order valence-corrected chi connectivity index (χ0v) is 28.7. The van der Waals surface area contributed by atoms with Crippen molar-refractivity contribution in [1.29, 1.82) is 0 Å². The monoisotopic (exact) mass is 747 g/mol. The van der Waals surface area contributed by atoms with Gasteiger partial charge in [-0.2, -0.15) is 0 Å². The van der Waals surface area contributed by atoms with Crippen LogP contribution in [0, 0.1) is 37.6 Å². The minimum absolute atomic E-state index is 0. The summed E-state index contributed by atoms with van der Waals surface area (Å²) in [6.45, 7) is 16.5. The summed E-state index contributed by atoms with van der Waals surface area (Å²) in [5.74, 6) is 0.682. The number of aromatic nitrogens is 1. The van der Waals surface area contributed by atoms with Crippen molar-refractivity contribution in [1.82, 2.24) is 4.98 Å². The molecule has 1 aromatic heterocycles. The van der Waals surface area contributed by atoms with Gasteiger partial charge in [-0.1, -0.05) is 67.5 Å². The quantitative estimate of drug-likeness (QED) is 0.0803. The minimum atomic E-state index is -0.223. The van der Waals surface area contributed by atoms with Gasteiger partial charge in [-0.05, 0) is 82.6 Å². The Morgan fingerprint density at radius 1 is 0.929 bits per heavy atom. The van der Waals surface area contributed by atoms with Gasteiger partial charge in [0.05, 0.1) is 5.76 Å². The van der Waals surface area contributed by atoms with Crippen LogP contribution in [0.4, 0.5) is 4.39 Å². The third-order valence-corrected chi connectivity index (χ3v) is 7.96. The van der Waals surface area contributed by atoms with Gasteiger partial charge in [0.1, 0.15) is 5.82 Å². The van der Waals surface area contributed by atoms with Gasteiger partial charge in [-0.3, -0.25) is 4.79 Å². The number of hydrogen-bond acceptors (Lipinski definition) is 3. The van der Waals surface area contributed by atoms with Crippen LogP contribution in [-0.4, -0.2) is 15.9 Å². The molecule has 0 fully saturated rings. The Hall–Kier alpha value is -2.88. The van der Waals surface area contributed by atoms with Crippen LogP contribution in [0.5, 0.6) is 0 Å². The number of aryl methyl sites for hydroxylation is 2. The first-order valence-electron chi connectivity index (χ1n) is 15.0. The second-order valence-corrected chi connectivity index (χ2v) is 11.3. The summed E-state index contributed by atoms with van der Waals surface area (Å²) in [7, 11) is 0. The van der Waals surface area contributed by atoms with Crippen LogP contribution >= 0.6 is 0 Å². The van der Waals surface area contributed by atoms with Crippen LogP contribution in [-0.2, 0) is 24.9 Å². The number of halogens is 1. The molecule has 0 unspecified atom stereocenters. The van der Waals surface area contributed by atoms with Crippen LogP contribution < -0.4 is 0 Å². The summed E-state index contributed by atoms with van der Waals surface area (Å²) in [5.41, 5.74) is 5.29. The molecule has 5 heteroatoms. The van der Waals surface area contributed by atoms with Crippen molar-refractivity contribution in [2.75, 3.05) is 0 Å². The molecule has 0 spiro atoms. The second-order valence-electron chi connectivity index (χ2n) is 11.3. The molecule has 3 nitrogen and oxygen atoms in total. The van der Waals surface area contributed by atoms with E-state index < -0.39 is 0 Å². The van der Waals surface area contributed by atoms with E-state index in [1.54, 1.807) is 12.1 Å². The fraction of sp³-hybridized carbons (Fsp3) is 0.405. The molecule has 4 aromatic rings. The smallest absolute Gasteiger partial charge is 0.162 e. The maximum Gasteiger partial charge on any atom is 0.162 e. The summed E-state index contributed by atoms with van der Waals surface area (Å²) in [5, 5.41) is 13.8. The number of benzene rings is 3. The van der Waals surface area contributed by atoms with Crippen molar-refractivity contribution in [2.24, 2.45) is 11.8 Å². The molecular weight excluding hydrogens is 702 g/mol. The first-order chi connectivity index (χ1) is 19.5. The third-order valence-electron chi connectivity index (χ3n) is 7.96. The predicted octanol–water partition coefficient (Wildman–Crippen LogP) is 10.6. The Labute approximate surface area is 265 Å². The van der Waals surface area contributed by atoms with Gasteiger partial charge in [0, 0.05) is 44.2 Å². The summed E-state index contributed by atoms with van der Waals surface area (Å²) in [6.07, 6.45) is 6.74. The summed E-state index contributed by atoms with van der Waals surface area (Å²) in [4.78, 5) is 16.4. The molecule has 4 rings (SSSR count). The van der Waals surface area contributed by atoms with E-state index in [9.17, 15) is 14.3 Å². The number of pyridine rings is 1. The molecule has 227 valence electrons. The zero-order valence-electron chi connectivity index (χ0n) is 26.3. The molecule has 0 saturated heterocycles. The Balaban J connectivity index is 0.000000334. The minimum Gasteiger partial charge on any atom is -0.512 e. The Morgan fingerprint density at radius 2 is 1.57 bits per heavy atom. The number of aliphatic hydroxyl groups is 1. The van der Waals surface area contributed by atoms with E-state index in [2.05, 4.69) is 50.0 Å². The van der Waals surface area contributed by atoms with Crippen molar-refractivity contribution < 1.29 is 34.4 Å². The van der Waals surface area contributed by atoms with E-state index in [0.717, 1.165) is 64.0 Å². The summed E-state index contributed by atoms with van der Waals surface area (Å²) >= 11 is 0. The van der Waals surface area contributed by atoms with Crippen LogP contribution in [0.15, 0.2) is 60.5 Å². The predicted molar refractivity (Wildman–Crippen MR) is 171 cm³/mol. The van der Waals surface area contributed by atoms with Crippen molar-refractivity contribution >= 4 is 27.3 Å². The number of allylic oxidation sites excluding steroid dienone is 2. The average molecular weight is 747 g/mol. The number of carbonyl (C=O) groups is 1. The molecule has 1 radical (unpaired) electrons. The third kappa shape index (κ3) is 8.36. The molecular formula is C37H45FIrNO2-. The molecule has 0 amide bonds. The summed E-state index contributed by atoms with van der Waals surface area (Å²) < 4.78 is 14.1. The topological polar surface area (TPSA) is 50.2 Å². The standard InChI is InChI=1S/C24H21FN.C13H24O2.Ir/c1-14(2)21-12-17-7-8-26-24(18-10-15(3)9-16(4)11-18)23(17)22-13-19(25)5-6-20(21)22;1-5-10(6-2)12(14)9-13(15)11(7-3)8-4;/h5-10,12-14H,1-4H3;9-11,14H,5-8H2,1-4H3;/q-1;;/b;12-9-;. The van der Waals surface area contributed by atoms with E-state index in [0.29, 0.717) is 5.92 Å². The van der Waals surface area contributed by atoms with Gasteiger partial charge < -0.3 is 10.1 Å². The second kappa shape index (κ2) is 16.1. The van der Waals surface area contributed by atoms with Crippen molar-refractivity contribution in [3.05, 3.63) is 89.1 Å². The molecule has 0 saturated carbocycles. The number of ketones is 1. The largest absolute Gasteiger partial charge is 0.512 e. The van der Waals surface area contributed by atoms with Crippen molar-refractivity contribution in [3.63, 3.8) is 0 Å². The molecule has 0 atom stereocenters. The fourth-order valence-electron chi connectivity index (χ4n) is 5.58. The molecule has 0 aliphatic heterocycles. The Kier molecular flexibility index (Phi) is 13.5. The first kappa shape index (κ1) is 35.3. The maximum absolute atomic E-state index is 14.1. The van der Waals surface area contributed by atoms with E-state index in [-0.39, 0.29) is 49.3 Å². The van der Waals surface area contributed by atoms with Crippen molar-refractivity contribution in [3.8, 4) is 11.3 Å². The van der Waals surface area contributed by atoms with Crippen LogP contribution in [0.3, 0.4) is 0 Å². The van der Waals surface area contributed by atoms with E-state index in [4.69, 9.17) is 0 Å². The molecule has 0 aliphatic carbocycles. The van der Waals surface area contributed by atoms with E-state index in [1.807, 2.05) is 52.9 Å². The van der Waals surface area contributed by atoms with Crippen LogP contribution in [0.2, 0.25) is 0 Å². The van der Waals surface area contributed by atoms with Crippen LogP contribution in [0.1, 0.15) is 89.8 Å². The Morgan fingerprint density at radius 3 is 2.14 bits per heavy atom. The number of rotatable bonds is 9. The van der Waals surface area contributed by atoms with E-state index >= 15 is 0 Å². The summed E-state index contributed by atoms with van der Waals surface area (Å²) in [6, 6.07) is 16.9. The van der Waals surface area contributed by atoms with Gasteiger partial charge in [0.25, 0.3) is 0 Å². The average Bonchev–Trinajstić information content (AvgIpc) is 2.93. The van der Waals surface area contributed by atoms with Crippen LogP contribution in [0.25, 0.3) is 32.8 Å². The Bertz CT molecular complexity index is 1510. The molecule has 3 aromatic carbocycles. The molecule has 1 N–H and O–H groups in total. The first-order valence-corrected chi connectivity index (χ1v) is 15.0. The fourth-order valence-corrected chi connectivity index (χ4v) is 5.58. The molecule has 42 heavy (non-hydrogen) atoms. The normalized spacial score (nSPS) is 11.7. The maximum atomic E-state index is 14.1.